The van der Waals surface area contributed by atoms with Gasteiger partial charge in [-0.2, -0.15) is 0 Å². The van der Waals surface area contributed by atoms with Gasteiger partial charge in [-0.15, -0.1) is 0 Å². The number of carbonyl (C=O) groups excluding carboxylic acids is 1. The van der Waals surface area contributed by atoms with Crippen LogP contribution in [0.25, 0.3) is 0 Å². The first-order valence-electron chi connectivity index (χ1n) is 5.97. The molecule has 4 nitrogen and oxygen atoms in total. The smallest absolute Gasteiger partial charge is 0.242 e. The standard InChI is InChI=1S/C13H17BrN2O2/c1-16(8-10-3-2-4-11(14)7-10)13(17)12-9-18-6-5-15-12/h2-4,7,12,15H,5-6,8-9H2,1H3. The van der Waals surface area contributed by atoms with E-state index in [0.29, 0.717) is 19.8 Å². The summed E-state index contributed by atoms with van der Waals surface area (Å²) < 4.78 is 6.33. The van der Waals surface area contributed by atoms with Gasteiger partial charge in [0.2, 0.25) is 5.91 Å². The maximum atomic E-state index is 12.2. The quantitative estimate of drug-likeness (QED) is 0.917. The molecule has 1 amide bonds. The highest BCUT2D eigenvalue weighted by Gasteiger charge is 2.24. The molecule has 5 heteroatoms. The average molecular weight is 313 g/mol. The van der Waals surface area contributed by atoms with E-state index in [9.17, 15) is 4.79 Å². The van der Waals surface area contributed by atoms with Crippen molar-refractivity contribution in [2.24, 2.45) is 0 Å². The van der Waals surface area contributed by atoms with Crippen LogP contribution in [0.5, 0.6) is 0 Å². The summed E-state index contributed by atoms with van der Waals surface area (Å²) >= 11 is 3.43. The molecular formula is C13H17BrN2O2. The minimum atomic E-state index is -0.212. The van der Waals surface area contributed by atoms with Gasteiger partial charge in [0.15, 0.2) is 0 Å². The molecule has 1 fully saturated rings. The first-order valence-corrected chi connectivity index (χ1v) is 6.76. The van der Waals surface area contributed by atoms with Crippen molar-refractivity contribution >= 4 is 21.8 Å². The van der Waals surface area contributed by atoms with Crippen molar-refractivity contribution in [3.63, 3.8) is 0 Å². The van der Waals surface area contributed by atoms with Crippen LogP contribution in [-0.2, 0) is 16.1 Å². The van der Waals surface area contributed by atoms with Crippen molar-refractivity contribution in [2.75, 3.05) is 26.8 Å². The fourth-order valence-corrected chi connectivity index (χ4v) is 2.42. The fraction of sp³-hybridized carbons (Fsp3) is 0.462. The number of likely N-dealkylation sites (N-methyl/N-ethyl adjacent to an activating group) is 1. The summed E-state index contributed by atoms with van der Waals surface area (Å²) in [6.07, 6.45) is 0. The second-order valence-electron chi connectivity index (χ2n) is 4.41. The van der Waals surface area contributed by atoms with Crippen LogP contribution in [0.2, 0.25) is 0 Å². The van der Waals surface area contributed by atoms with E-state index in [4.69, 9.17) is 4.74 Å². The zero-order valence-electron chi connectivity index (χ0n) is 10.4. The summed E-state index contributed by atoms with van der Waals surface area (Å²) in [5, 5.41) is 3.17. The molecule has 1 N–H and O–H groups in total. The molecule has 1 atom stereocenters. The molecule has 0 aliphatic carbocycles. The maximum absolute atomic E-state index is 12.2. The normalized spacial score (nSPS) is 19.6. The van der Waals surface area contributed by atoms with Gasteiger partial charge in [0.1, 0.15) is 6.04 Å². The number of ether oxygens (including phenoxy) is 1. The zero-order chi connectivity index (χ0) is 13.0. The Morgan fingerprint density at radius 1 is 1.61 bits per heavy atom. The van der Waals surface area contributed by atoms with Crippen LogP contribution in [0.1, 0.15) is 5.56 Å². The Bertz CT molecular complexity index is 419. The predicted octanol–water partition coefficient (Wildman–Crippen LogP) is 1.40. The third-order valence-electron chi connectivity index (χ3n) is 2.90. The third-order valence-corrected chi connectivity index (χ3v) is 3.40. The predicted molar refractivity (Wildman–Crippen MR) is 73.2 cm³/mol. The Morgan fingerprint density at radius 3 is 3.11 bits per heavy atom. The number of hydrogen-bond donors (Lipinski definition) is 1. The Kier molecular flexibility index (Phi) is 4.74. The molecule has 1 heterocycles. The van der Waals surface area contributed by atoms with Crippen LogP contribution < -0.4 is 5.32 Å². The van der Waals surface area contributed by atoms with Crippen molar-refractivity contribution in [3.8, 4) is 0 Å². The Morgan fingerprint density at radius 2 is 2.44 bits per heavy atom. The van der Waals surface area contributed by atoms with Gasteiger partial charge in [-0.1, -0.05) is 28.1 Å². The van der Waals surface area contributed by atoms with Gasteiger partial charge >= 0.3 is 0 Å². The molecule has 1 aliphatic rings. The monoisotopic (exact) mass is 312 g/mol. The molecule has 1 saturated heterocycles. The highest BCUT2D eigenvalue weighted by molar-refractivity contribution is 9.10. The number of benzene rings is 1. The molecule has 0 spiro atoms. The van der Waals surface area contributed by atoms with Crippen LogP contribution in [-0.4, -0.2) is 43.7 Å². The molecule has 1 aromatic carbocycles. The summed E-state index contributed by atoms with van der Waals surface area (Å²) in [4.78, 5) is 13.9. The van der Waals surface area contributed by atoms with Crippen LogP contribution in [0.3, 0.4) is 0 Å². The lowest BCUT2D eigenvalue weighted by Gasteiger charge is -2.27. The van der Waals surface area contributed by atoms with Crippen molar-refractivity contribution in [1.82, 2.24) is 10.2 Å². The number of hydrogen-bond acceptors (Lipinski definition) is 3. The number of carbonyl (C=O) groups is 1. The van der Waals surface area contributed by atoms with Gasteiger partial charge < -0.3 is 15.0 Å². The molecule has 98 valence electrons. The van der Waals surface area contributed by atoms with Crippen molar-refractivity contribution in [1.29, 1.82) is 0 Å². The van der Waals surface area contributed by atoms with E-state index >= 15 is 0 Å². The summed E-state index contributed by atoms with van der Waals surface area (Å²) in [6.45, 7) is 2.48. The molecular weight excluding hydrogens is 296 g/mol. The Labute approximate surface area is 115 Å². The van der Waals surface area contributed by atoms with Crippen LogP contribution in [0.15, 0.2) is 28.7 Å². The Balaban J connectivity index is 1.94. The van der Waals surface area contributed by atoms with Crippen LogP contribution in [0, 0.1) is 0 Å². The van der Waals surface area contributed by atoms with Gasteiger partial charge in [-0.3, -0.25) is 4.79 Å². The van der Waals surface area contributed by atoms with Gasteiger partial charge in [-0.05, 0) is 17.7 Å². The largest absolute Gasteiger partial charge is 0.378 e. The highest BCUT2D eigenvalue weighted by Crippen LogP contribution is 2.13. The molecule has 1 aliphatic heterocycles. The minimum Gasteiger partial charge on any atom is -0.378 e. The van der Waals surface area contributed by atoms with Crippen molar-refractivity contribution in [3.05, 3.63) is 34.3 Å². The SMILES string of the molecule is CN(Cc1cccc(Br)c1)C(=O)C1COCCN1. The van der Waals surface area contributed by atoms with Crippen molar-refractivity contribution in [2.45, 2.75) is 12.6 Å². The fourth-order valence-electron chi connectivity index (χ4n) is 1.98. The first kappa shape index (κ1) is 13.5. The molecule has 18 heavy (non-hydrogen) atoms. The number of rotatable bonds is 3. The molecule has 2 rings (SSSR count). The molecule has 0 aromatic heterocycles. The van der Waals surface area contributed by atoms with Crippen LogP contribution in [0.4, 0.5) is 0 Å². The molecule has 0 radical (unpaired) electrons. The summed E-state index contributed by atoms with van der Waals surface area (Å²) in [5.74, 6) is 0.0784. The van der Waals surface area contributed by atoms with Gasteiger partial charge in [-0.25, -0.2) is 0 Å². The second kappa shape index (κ2) is 6.31. The second-order valence-corrected chi connectivity index (χ2v) is 5.32. The summed E-state index contributed by atoms with van der Waals surface area (Å²) in [5.41, 5.74) is 1.11. The summed E-state index contributed by atoms with van der Waals surface area (Å²) in [7, 11) is 1.82. The highest BCUT2D eigenvalue weighted by atomic mass is 79.9. The third kappa shape index (κ3) is 3.54. The minimum absolute atomic E-state index is 0.0784. The average Bonchev–Trinajstić information content (AvgIpc) is 2.39. The lowest BCUT2D eigenvalue weighted by atomic mass is 10.2. The van der Waals surface area contributed by atoms with E-state index in [1.165, 1.54) is 0 Å². The van der Waals surface area contributed by atoms with Gasteiger partial charge in [0.05, 0.1) is 13.2 Å². The number of halogens is 1. The van der Waals surface area contributed by atoms with Gasteiger partial charge in [0, 0.05) is 24.6 Å². The van der Waals surface area contributed by atoms with E-state index in [-0.39, 0.29) is 11.9 Å². The van der Waals surface area contributed by atoms with E-state index in [0.717, 1.165) is 16.6 Å². The van der Waals surface area contributed by atoms with E-state index in [2.05, 4.69) is 21.2 Å². The molecule has 0 bridgehead atoms. The first-order chi connectivity index (χ1) is 8.66. The van der Waals surface area contributed by atoms with E-state index in [1.54, 1.807) is 4.90 Å². The lowest BCUT2D eigenvalue weighted by molar-refractivity contribution is -0.135. The zero-order valence-corrected chi connectivity index (χ0v) is 11.9. The molecule has 1 unspecified atom stereocenters. The van der Waals surface area contributed by atoms with Gasteiger partial charge in [0.25, 0.3) is 0 Å². The maximum Gasteiger partial charge on any atom is 0.242 e. The lowest BCUT2D eigenvalue weighted by Crippen LogP contribution is -2.51. The number of amides is 1. The number of nitrogens with one attached hydrogen (secondary N) is 1. The molecule has 0 saturated carbocycles. The molecule has 1 aromatic rings. The summed E-state index contributed by atoms with van der Waals surface area (Å²) in [6, 6.07) is 7.77. The van der Waals surface area contributed by atoms with E-state index < -0.39 is 0 Å². The Hall–Kier alpha value is -0.910. The van der Waals surface area contributed by atoms with Crippen LogP contribution >= 0.6 is 15.9 Å². The van der Waals surface area contributed by atoms with E-state index in [1.807, 2.05) is 31.3 Å². The number of nitrogens with zero attached hydrogens (tertiary/aromatic N) is 1. The topological polar surface area (TPSA) is 41.6 Å². The van der Waals surface area contributed by atoms with Crippen molar-refractivity contribution < 1.29 is 9.53 Å². The number of morpholine rings is 1.